The summed E-state index contributed by atoms with van der Waals surface area (Å²) in [6.45, 7) is 0.504. The van der Waals surface area contributed by atoms with Crippen molar-refractivity contribution in [3.8, 4) is 0 Å². The number of rotatable bonds is 3. The molecule has 0 unspecified atom stereocenters. The van der Waals surface area contributed by atoms with Crippen LogP contribution in [-0.4, -0.2) is 19.6 Å². The molecule has 12 heavy (non-hydrogen) atoms. The summed E-state index contributed by atoms with van der Waals surface area (Å²) in [5, 5.41) is 3.44. The normalized spacial score (nSPS) is 26.8. The van der Waals surface area contributed by atoms with E-state index in [4.69, 9.17) is 5.53 Å². The van der Waals surface area contributed by atoms with E-state index in [-0.39, 0.29) is 11.9 Å². The summed E-state index contributed by atoms with van der Waals surface area (Å²) in [5.74, 6) is 0.270. The molecule has 1 aliphatic carbocycles. The predicted molar refractivity (Wildman–Crippen MR) is 42.2 cm³/mol. The van der Waals surface area contributed by atoms with Crippen molar-refractivity contribution in [2.45, 2.75) is 12.8 Å². The van der Waals surface area contributed by atoms with E-state index in [1.807, 2.05) is 0 Å². The third-order valence-electron chi connectivity index (χ3n) is 2.17. The highest BCUT2D eigenvalue weighted by atomic mass is 16.5. The number of esters is 1. The van der Waals surface area contributed by atoms with E-state index in [9.17, 15) is 4.79 Å². The van der Waals surface area contributed by atoms with Crippen molar-refractivity contribution >= 4 is 5.97 Å². The van der Waals surface area contributed by atoms with Crippen LogP contribution in [0.25, 0.3) is 10.4 Å². The molecule has 0 atom stereocenters. The van der Waals surface area contributed by atoms with Crippen LogP contribution in [-0.2, 0) is 9.53 Å². The molecule has 0 aromatic carbocycles. The summed E-state index contributed by atoms with van der Waals surface area (Å²) in [5.41, 5.74) is 8.02. The molecule has 0 amide bonds. The van der Waals surface area contributed by atoms with Crippen molar-refractivity contribution in [1.82, 2.24) is 0 Å². The summed E-state index contributed by atoms with van der Waals surface area (Å²) in [7, 11) is 1.39. The number of azide groups is 1. The Labute approximate surface area is 70.3 Å². The van der Waals surface area contributed by atoms with Gasteiger partial charge in [-0.1, -0.05) is 5.11 Å². The third-order valence-corrected chi connectivity index (χ3v) is 2.17. The van der Waals surface area contributed by atoms with Crippen molar-refractivity contribution in [2.24, 2.45) is 17.0 Å². The van der Waals surface area contributed by atoms with Crippen LogP contribution in [0.5, 0.6) is 0 Å². The Morgan fingerprint density at radius 2 is 2.42 bits per heavy atom. The van der Waals surface area contributed by atoms with Crippen molar-refractivity contribution in [3.05, 3.63) is 10.4 Å². The zero-order valence-corrected chi connectivity index (χ0v) is 6.93. The molecule has 1 rings (SSSR count). The summed E-state index contributed by atoms with van der Waals surface area (Å²) < 4.78 is 4.56. The lowest BCUT2D eigenvalue weighted by molar-refractivity contribution is -0.149. The highest BCUT2D eigenvalue weighted by molar-refractivity contribution is 5.73. The zero-order chi connectivity index (χ0) is 8.97. The molecule has 1 fully saturated rings. The highest BCUT2D eigenvalue weighted by Crippen LogP contribution is 2.34. The molecule has 0 heterocycles. The monoisotopic (exact) mass is 169 g/mol. The van der Waals surface area contributed by atoms with Crippen molar-refractivity contribution in [3.63, 3.8) is 0 Å². The average molecular weight is 169 g/mol. The molecule has 0 aliphatic heterocycles. The molecule has 1 saturated carbocycles. The lowest BCUT2D eigenvalue weighted by atomic mass is 9.75. The molecule has 0 aromatic rings. The first-order valence-electron chi connectivity index (χ1n) is 3.86. The van der Waals surface area contributed by atoms with Gasteiger partial charge in [0.2, 0.25) is 0 Å². The van der Waals surface area contributed by atoms with Gasteiger partial charge in [-0.05, 0) is 24.3 Å². The lowest BCUT2D eigenvalue weighted by Crippen LogP contribution is -2.32. The second kappa shape index (κ2) is 3.97. The molecule has 0 saturated heterocycles. The fraction of sp³-hybridized carbons (Fsp3) is 0.857. The van der Waals surface area contributed by atoms with Gasteiger partial charge in [-0.25, -0.2) is 0 Å². The first kappa shape index (κ1) is 8.87. The second-order valence-corrected chi connectivity index (χ2v) is 2.97. The number of nitrogens with zero attached hydrogens (tertiary/aromatic N) is 3. The molecule has 0 aromatic heterocycles. The summed E-state index contributed by atoms with van der Waals surface area (Å²) in [4.78, 5) is 13.5. The predicted octanol–water partition coefficient (Wildman–Crippen LogP) is 1.50. The Bertz CT molecular complexity index is 217. The highest BCUT2D eigenvalue weighted by Gasteiger charge is 2.34. The molecular formula is C7H11N3O2. The summed E-state index contributed by atoms with van der Waals surface area (Å²) in [6, 6.07) is 0. The summed E-state index contributed by atoms with van der Waals surface area (Å²) in [6.07, 6.45) is 1.59. The number of methoxy groups -OCH3 is 1. The van der Waals surface area contributed by atoms with Gasteiger partial charge in [-0.15, -0.1) is 0 Å². The van der Waals surface area contributed by atoms with E-state index in [1.54, 1.807) is 0 Å². The van der Waals surface area contributed by atoms with Gasteiger partial charge in [-0.3, -0.25) is 4.79 Å². The largest absolute Gasteiger partial charge is 0.469 e. The van der Waals surface area contributed by atoms with Gasteiger partial charge in [-0.2, -0.15) is 0 Å². The molecule has 0 N–H and O–H groups in total. The van der Waals surface area contributed by atoms with Gasteiger partial charge in [0.15, 0.2) is 0 Å². The van der Waals surface area contributed by atoms with Gasteiger partial charge >= 0.3 is 5.97 Å². The van der Waals surface area contributed by atoms with Crippen LogP contribution in [0.15, 0.2) is 5.11 Å². The standard InChI is InChI=1S/C7H11N3O2/c1-12-7(11)6-2-5(3-6)4-9-10-8/h5-6H,2-4H2,1H3. The fourth-order valence-corrected chi connectivity index (χ4v) is 1.40. The first-order valence-corrected chi connectivity index (χ1v) is 3.86. The first-order chi connectivity index (χ1) is 5.77. The number of hydrogen-bond donors (Lipinski definition) is 0. The van der Waals surface area contributed by atoms with Gasteiger partial charge < -0.3 is 4.74 Å². The molecule has 5 heteroatoms. The Morgan fingerprint density at radius 3 is 2.92 bits per heavy atom. The number of ether oxygens (including phenoxy) is 1. The van der Waals surface area contributed by atoms with Crippen LogP contribution in [0, 0.1) is 11.8 Å². The number of carbonyl (C=O) groups is 1. The quantitative estimate of drug-likeness (QED) is 0.278. The van der Waals surface area contributed by atoms with Crippen LogP contribution in [0.4, 0.5) is 0 Å². The molecular weight excluding hydrogens is 158 g/mol. The van der Waals surface area contributed by atoms with E-state index >= 15 is 0 Å². The minimum Gasteiger partial charge on any atom is -0.469 e. The van der Waals surface area contributed by atoms with Gasteiger partial charge in [0.05, 0.1) is 13.0 Å². The van der Waals surface area contributed by atoms with Crippen LogP contribution >= 0.6 is 0 Å². The average Bonchev–Trinajstić information content (AvgIpc) is 2.01. The third kappa shape index (κ3) is 1.89. The minimum atomic E-state index is -0.146. The van der Waals surface area contributed by atoms with Crippen molar-refractivity contribution < 1.29 is 9.53 Å². The van der Waals surface area contributed by atoms with Gasteiger partial charge in [0.1, 0.15) is 0 Å². The molecule has 0 bridgehead atoms. The van der Waals surface area contributed by atoms with Crippen LogP contribution < -0.4 is 0 Å². The molecule has 66 valence electrons. The lowest BCUT2D eigenvalue weighted by Gasteiger charge is -2.31. The molecule has 5 nitrogen and oxygen atoms in total. The maximum absolute atomic E-state index is 10.9. The number of hydrogen-bond acceptors (Lipinski definition) is 3. The van der Waals surface area contributed by atoms with Crippen LogP contribution in [0.2, 0.25) is 0 Å². The van der Waals surface area contributed by atoms with E-state index in [2.05, 4.69) is 14.8 Å². The Morgan fingerprint density at radius 1 is 1.75 bits per heavy atom. The summed E-state index contributed by atoms with van der Waals surface area (Å²) >= 11 is 0. The van der Waals surface area contributed by atoms with E-state index < -0.39 is 0 Å². The van der Waals surface area contributed by atoms with Gasteiger partial charge in [0.25, 0.3) is 0 Å². The van der Waals surface area contributed by atoms with Gasteiger partial charge in [0, 0.05) is 11.5 Å². The molecule has 0 spiro atoms. The minimum absolute atomic E-state index is 0.0360. The Balaban J connectivity index is 2.19. The molecule has 1 aliphatic rings. The van der Waals surface area contributed by atoms with Crippen molar-refractivity contribution in [2.75, 3.05) is 13.7 Å². The maximum atomic E-state index is 10.9. The Hall–Kier alpha value is -1.22. The van der Waals surface area contributed by atoms with Crippen LogP contribution in [0.1, 0.15) is 12.8 Å². The van der Waals surface area contributed by atoms with E-state index in [1.165, 1.54) is 7.11 Å². The topological polar surface area (TPSA) is 75.1 Å². The smallest absolute Gasteiger partial charge is 0.308 e. The fourth-order valence-electron chi connectivity index (χ4n) is 1.40. The van der Waals surface area contributed by atoms with E-state index in [0.717, 1.165) is 12.8 Å². The SMILES string of the molecule is COC(=O)C1CC(CN=[N+]=[N-])C1. The molecule has 0 radical (unpaired) electrons. The zero-order valence-electron chi connectivity index (χ0n) is 6.93. The van der Waals surface area contributed by atoms with Crippen molar-refractivity contribution in [1.29, 1.82) is 0 Å². The van der Waals surface area contributed by atoms with E-state index in [0.29, 0.717) is 12.5 Å². The Kier molecular flexibility index (Phi) is 2.94. The van der Waals surface area contributed by atoms with Crippen LogP contribution in [0.3, 0.4) is 0 Å². The second-order valence-electron chi connectivity index (χ2n) is 2.97. The number of carbonyl (C=O) groups excluding carboxylic acids is 1. The maximum Gasteiger partial charge on any atom is 0.308 e.